The van der Waals surface area contributed by atoms with Crippen LogP contribution in [0.5, 0.6) is 5.88 Å². The van der Waals surface area contributed by atoms with E-state index < -0.39 is 24.1 Å². The number of amides is 4. The normalized spacial score (nSPS) is 18.6. The van der Waals surface area contributed by atoms with Crippen molar-refractivity contribution in [3.63, 3.8) is 0 Å². The van der Waals surface area contributed by atoms with Gasteiger partial charge in [-0.05, 0) is 70.4 Å². The van der Waals surface area contributed by atoms with E-state index in [1.54, 1.807) is 41.0 Å². The van der Waals surface area contributed by atoms with E-state index in [9.17, 15) is 29.1 Å². The molecule has 1 aromatic carbocycles. The molecule has 3 fully saturated rings. The maximum atomic E-state index is 13.6. The molecule has 3 aliphatic rings. The number of hydroxylamine groups is 2. The number of piperazine rings is 1. The molecular formula is C34H47N7O9. The van der Waals surface area contributed by atoms with Crippen LogP contribution in [0.15, 0.2) is 36.4 Å². The molecule has 0 radical (unpaired) electrons. The number of carbonyl (C=O) groups excluding carboxylic acids is 5. The second-order valence-corrected chi connectivity index (χ2v) is 12.6. The van der Waals surface area contributed by atoms with Gasteiger partial charge in [0.05, 0.1) is 25.4 Å². The predicted octanol–water partition coefficient (Wildman–Crippen LogP) is 1.40. The number of ether oxygens (including phenoxy) is 2. The summed E-state index contributed by atoms with van der Waals surface area (Å²) in [6.45, 7) is 2.96. The molecule has 0 unspecified atom stereocenters. The second-order valence-electron chi connectivity index (χ2n) is 12.6. The lowest BCUT2D eigenvalue weighted by atomic mass is 9.93. The Hall–Kier alpha value is -4.70. The summed E-state index contributed by atoms with van der Waals surface area (Å²) in [5.41, 5.74) is 0.564. The zero-order valence-electron chi connectivity index (χ0n) is 28.5. The molecule has 5 rings (SSSR count). The number of unbranched alkanes of at least 4 members (excludes halogenated alkanes) is 1. The number of benzene rings is 1. The zero-order chi connectivity index (χ0) is 35.5. The van der Waals surface area contributed by atoms with Crippen LogP contribution in [0.1, 0.15) is 68.8 Å². The topological polar surface area (TPSA) is 185 Å². The van der Waals surface area contributed by atoms with Gasteiger partial charge in [-0.1, -0.05) is 18.2 Å². The highest BCUT2D eigenvalue weighted by Gasteiger charge is 2.36. The molecule has 0 spiro atoms. The minimum Gasteiger partial charge on any atom is -0.467 e. The summed E-state index contributed by atoms with van der Waals surface area (Å²) in [7, 11) is 0. The number of hydrogen-bond donors (Lipinski definition) is 3. The Morgan fingerprint density at radius 3 is 2.42 bits per heavy atom. The number of hydrogen-bond acceptors (Lipinski definition) is 11. The van der Waals surface area contributed by atoms with Gasteiger partial charge in [0, 0.05) is 38.3 Å². The van der Waals surface area contributed by atoms with Crippen molar-refractivity contribution in [3.05, 3.63) is 42.1 Å². The number of aliphatic hydroxyl groups excluding tert-OH is 1. The third kappa shape index (κ3) is 9.50. The van der Waals surface area contributed by atoms with Crippen LogP contribution in [0.2, 0.25) is 0 Å². The number of rotatable bonds is 15. The van der Waals surface area contributed by atoms with Gasteiger partial charge in [0.15, 0.2) is 12.3 Å². The monoisotopic (exact) mass is 697 g/mol. The Labute approximate surface area is 290 Å². The Morgan fingerprint density at radius 2 is 1.74 bits per heavy atom. The predicted molar refractivity (Wildman–Crippen MR) is 178 cm³/mol. The molecule has 1 aliphatic carbocycles. The van der Waals surface area contributed by atoms with E-state index in [-0.39, 0.29) is 87.8 Å². The number of aliphatic hydroxyl groups is 1. The number of nitrogens with zero attached hydrogens (tertiary/aromatic N) is 5. The average Bonchev–Trinajstić information content (AvgIpc) is 3.77. The van der Waals surface area contributed by atoms with Crippen molar-refractivity contribution in [3.8, 4) is 11.6 Å². The number of aromatic nitrogens is 2. The van der Waals surface area contributed by atoms with Crippen molar-refractivity contribution in [2.45, 2.75) is 76.4 Å². The number of carbonyl (C=O) groups is 5. The average molecular weight is 698 g/mol. The van der Waals surface area contributed by atoms with Crippen molar-refractivity contribution in [1.82, 2.24) is 35.3 Å². The molecule has 2 aliphatic heterocycles. The number of nitrogens with one attached hydrogen (secondary N) is 2. The van der Waals surface area contributed by atoms with E-state index in [4.69, 9.17) is 14.3 Å². The quantitative estimate of drug-likeness (QED) is 0.181. The molecule has 50 heavy (non-hydrogen) atoms. The van der Waals surface area contributed by atoms with Crippen LogP contribution < -0.4 is 15.4 Å². The number of para-hydroxylation sites is 1. The lowest BCUT2D eigenvalue weighted by molar-refractivity contribution is -0.157. The zero-order valence-corrected chi connectivity index (χ0v) is 28.5. The van der Waals surface area contributed by atoms with E-state index >= 15 is 0 Å². The first kappa shape index (κ1) is 36.6. The summed E-state index contributed by atoms with van der Waals surface area (Å²) in [5, 5.41) is 21.1. The second kappa shape index (κ2) is 17.8. The third-order valence-corrected chi connectivity index (χ3v) is 9.10. The van der Waals surface area contributed by atoms with E-state index in [2.05, 4.69) is 15.7 Å². The Bertz CT molecular complexity index is 1470. The fraction of sp³-hybridized carbons (Fsp3) is 0.588. The fourth-order valence-electron chi connectivity index (χ4n) is 6.16. The van der Waals surface area contributed by atoms with Crippen LogP contribution in [0.25, 0.3) is 5.69 Å². The standard InChI is InChI=1S/C34H47N7O9/c1-2-48-34(47)50-39-19-17-38(18-20-39)33(46)26(14-6-7-21-42)36-31(44)27-22-30(41(37-27)25-12-4-3-5-13-25)49-23-29(43)40-16-9-15-28(40)32(45)35-24-10-8-11-24/h3-5,12-13,22,24,26,28,42H,2,6-11,14-21,23H2,1H3,(H,35,45)(H,36,44)/t26-,28-/m0/s1. The molecule has 2 atom stereocenters. The molecule has 16 nitrogen and oxygen atoms in total. The molecule has 1 aromatic heterocycles. The summed E-state index contributed by atoms with van der Waals surface area (Å²) < 4.78 is 12.2. The van der Waals surface area contributed by atoms with E-state index in [0.29, 0.717) is 31.5 Å². The molecule has 0 bridgehead atoms. The lowest BCUT2D eigenvalue weighted by Crippen LogP contribution is -2.55. The van der Waals surface area contributed by atoms with Crippen LogP contribution in [-0.2, 0) is 24.0 Å². The molecule has 2 aromatic rings. The molecule has 1 saturated carbocycles. The molecule has 2 saturated heterocycles. The highest BCUT2D eigenvalue weighted by molar-refractivity contribution is 5.96. The minimum atomic E-state index is -0.905. The van der Waals surface area contributed by atoms with E-state index in [0.717, 1.165) is 25.7 Å². The first-order valence-corrected chi connectivity index (χ1v) is 17.5. The summed E-state index contributed by atoms with van der Waals surface area (Å²) >= 11 is 0. The molecule has 4 amide bonds. The maximum absolute atomic E-state index is 13.6. The van der Waals surface area contributed by atoms with Gasteiger partial charge >= 0.3 is 6.16 Å². The Kier molecular flexibility index (Phi) is 13.0. The van der Waals surface area contributed by atoms with Gasteiger partial charge in [-0.3, -0.25) is 19.2 Å². The van der Waals surface area contributed by atoms with Crippen LogP contribution in [-0.4, -0.2) is 130 Å². The summed E-state index contributed by atoms with van der Waals surface area (Å²) in [6.07, 6.45) is 4.73. The van der Waals surface area contributed by atoms with Gasteiger partial charge < -0.3 is 39.9 Å². The van der Waals surface area contributed by atoms with Gasteiger partial charge in [-0.2, -0.15) is 5.10 Å². The van der Waals surface area contributed by atoms with E-state index in [1.807, 2.05) is 6.07 Å². The van der Waals surface area contributed by atoms with Crippen LogP contribution >= 0.6 is 0 Å². The smallest absolute Gasteiger partial charge is 0.467 e. The molecular weight excluding hydrogens is 650 g/mol. The van der Waals surface area contributed by atoms with Crippen molar-refractivity contribution >= 4 is 29.8 Å². The van der Waals surface area contributed by atoms with Crippen molar-refractivity contribution in [2.24, 2.45) is 0 Å². The van der Waals surface area contributed by atoms with Crippen molar-refractivity contribution in [1.29, 1.82) is 0 Å². The van der Waals surface area contributed by atoms with Gasteiger partial charge in [0.2, 0.25) is 17.7 Å². The first-order valence-electron chi connectivity index (χ1n) is 17.5. The van der Waals surface area contributed by atoms with Crippen LogP contribution in [0.4, 0.5) is 4.79 Å². The SMILES string of the molecule is CCOC(=O)ON1CCN(C(=O)[C@H](CCCCO)NC(=O)c2cc(OCC(=O)N3CCC[C@H]3C(=O)NC3CCC3)n(-c3ccccc3)n2)CC1. The van der Waals surface area contributed by atoms with Crippen molar-refractivity contribution in [2.75, 3.05) is 52.5 Å². The lowest BCUT2D eigenvalue weighted by Gasteiger charge is -2.35. The van der Waals surface area contributed by atoms with Crippen LogP contribution in [0, 0.1) is 0 Å². The van der Waals surface area contributed by atoms with Crippen molar-refractivity contribution < 1.29 is 43.4 Å². The molecule has 272 valence electrons. The Balaban J connectivity index is 1.25. The highest BCUT2D eigenvalue weighted by atomic mass is 16.8. The molecule has 3 heterocycles. The summed E-state index contributed by atoms with van der Waals surface area (Å²) in [5.74, 6) is -1.26. The summed E-state index contributed by atoms with van der Waals surface area (Å²) in [4.78, 5) is 73.4. The fourth-order valence-corrected chi connectivity index (χ4v) is 6.16. The highest BCUT2D eigenvalue weighted by Crippen LogP contribution is 2.24. The third-order valence-electron chi connectivity index (χ3n) is 9.10. The van der Waals surface area contributed by atoms with Crippen LogP contribution in [0.3, 0.4) is 0 Å². The van der Waals surface area contributed by atoms with Gasteiger partial charge in [0.25, 0.3) is 11.8 Å². The Morgan fingerprint density at radius 1 is 0.980 bits per heavy atom. The summed E-state index contributed by atoms with van der Waals surface area (Å²) in [6, 6.07) is 9.13. The van der Waals surface area contributed by atoms with Gasteiger partial charge in [0.1, 0.15) is 12.1 Å². The first-order chi connectivity index (χ1) is 24.3. The molecule has 16 heteroatoms. The number of likely N-dealkylation sites (tertiary alicyclic amines) is 1. The molecule has 3 N–H and O–H groups in total. The van der Waals surface area contributed by atoms with Gasteiger partial charge in [-0.15, -0.1) is 5.06 Å². The maximum Gasteiger partial charge on any atom is 0.527 e. The van der Waals surface area contributed by atoms with E-state index in [1.165, 1.54) is 15.8 Å². The largest absolute Gasteiger partial charge is 0.527 e. The minimum absolute atomic E-state index is 0.0251. The van der Waals surface area contributed by atoms with Gasteiger partial charge in [-0.25, -0.2) is 9.48 Å².